The first-order valence-electron chi connectivity index (χ1n) is 5.59. The highest BCUT2D eigenvalue weighted by molar-refractivity contribution is 6.45. The summed E-state index contributed by atoms with van der Waals surface area (Å²) in [5.74, 6) is 0.533. The summed E-state index contributed by atoms with van der Waals surface area (Å²) in [5.41, 5.74) is 8.97. The molecular weight excluding hydrogens is 258 g/mol. The molecule has 0 atom stereocenters. The average Bonchev–Trinajstić information content (AvgIpc) is 2.86. The second-order valence-corrected chi connectivity index (χ2v) is 3.83. The number of nitrogens with one attached hydrogen (secondary N) is 2. The van der Waals surface area contributed by atoms with Gasteiger partial charge in [0.2, 0.25) is 5.71 Å². The van der Waals surface area contributed by atoms with Crippen molar-refractivity contribution in [3.05, 3.63) is 30.1 Å². The van der Waals surface area contributed by atoms with E-state index >= 15 is 0 Å². The first kappa shape index (κ1) is 13.2. The van der Waals surface area contributed by atoms with Gasteiger partial charge in [0.1, 0.15) is 6.07 Å². The van der Waals surface area contributed by atoms with Crippen molar-refractivity contribution in [2.45, 2.75) is 6.92 Å². The first-order valence-corrected chi connectivity index (χ1v) is 5.59. The Labute approximate surface area is 114 Å². The minimum Gasteiger partial charge on any atom is -0.382 e. The maximum absolute atomic E-state index is 8.73. The molecule has 0 bridgehead atoms. The largest absolute Gasteiger partial charge is 0.382 e. The second kappa shape index (κ2) is 5.62. The van der Waals surface area contributed by atoms with E-state index in [1.807, 2.05) is 0 Å². The van der Waals surface area contributed by atoms with E-state index < -0.39 is 5.84 Å². The number of aryl methyl sites for hydroxylation is 1. The highest BCUT2D eigenvalue weighted by atomic mass is 16.5. The number of hydrazone groups is 1. The average molecular weight is 269 g/mol. The number of anilines is 1. The summed E-state index contributed by atoms with van der Waals surface area (Å²) in [6, 6.07) is 8.76. The minimum atomic E-state index is -0.399. The molecule has 100 valence electrons. The van der Waals surface area contributed by atoms with Gasteiger partial charge in [-0.15, -0.1) is 0 Å². The van der Waals surface area contributed by atoms with Crippen LogP contribution in [0.1, 0.15) is 5.82 Å². The van der Waals surface area contributed by atoms with Gasteiger partial charge in [-0.05, 0) is 25.1 Å². The maximum atomic E-state index is 8.73. The van der Waals surface area contributed by atoms with Gasteiger partial charge in [-0.25, -0.2) is 0 Å². The topological polar surface area (TPSA) is 137 Å². The molecule has 1 aromatic carbocycles. The van der Waals surface area contributed by atoms with E-state index in [0.717, 1.165) is 0 Å². The molecule has 0 aliphatic carbocycles. The smallest absolute Gasteiger partial charge is 0.257 e. The summed E-state index contributed by atoms with van der Waals surface area (Å²) in [4.78, 5) is 4.11. The molecule has 0 saturated carbocycles. The fourth-order valence-electron chi connectivity index (χ4n) is 1.40. The Morgan fingerprint density at radius 2 is 2.35 bits per heavy atom. The molecule has 0 aliphatic heterocycles. The van der Waals surface area contributed by atoms with Gasteiger partial charge in [-0.2, -0.15) is 15.3 Å². The molecule has 2 rings (SSSR count). The van der Waals surface area contributed by atoms with Crippen molar-refractivity contribution < 1.29 is 4.52 Å². The molecule has 0 unspecified atom stereocenters. The number of nitrogens with zero attached hydrogens (tertiary/aromatic N) is 4. The van der Waals surface area contributed by atoms with Gasteiger partial charge in [-0.3, -0.25) is 10.8 Å². The highest BCUT2D eigenvalue weighted by Gasteiger charge is 2.07. The van der Waals surface area contributed by atoms with E-state index in [1.54, 1.807) is 37.3 Å². The van der Waals surface area contributed by atoms with Crippen LogP contribution in [0.25, 0.3) is 11.5 Å². The standard InChI is InChI=1S/C12H11N7O/c1-7-16-12(20-19-7)8-3-2-4-9(5-8)17-18-10(6-13)11(14)15/h2-5,17H,1H3,(H3,14,15)/b18-10+. The zero-order valence-electron chi connectivity index (χ0n) is 10.6. The number of amidine groups is 1. The van der Waals surface area contributed by atoms with Crippen LogP contribution in [0.3, 0.4) is 0 Å². The van der Waals surface area contributed by atoms with Gasteiger partial charge in [0.25, 0.3) is 5.89 Å². The number of hydrogen-bond donors (Lipinski definition) is 3. The van der Waals surface area contributed by atoms with Gasteiger partial charge in [0.05, 0.1) is 5.69 Å². The van der Waals surface area contributed by atoms with Crippen LogP contribution in [0, 0.1) is 23.7 Å². The Bertz CT molecular complexity index is 711. The zero-order valence-corrected chi connectivity index (χ0v) is 10.6. The molecule has 8 nitrogen and oxygen atoms in total. The first-order chi connectivity index (χ1) is 9.60. The number of hydrogen-bond acceptors (Lipinski definition) is 7. The predicted octanol–water partition coefficient (Wildman–Crippen LogP) is 1.27. The molecule has 0 aliphatic rings. The van der Waals surface area contributed by atoms with Gasteiger partial charge < -0.3 is 10.3 Å². The molecule has 0 saturated heterocycles. The lowest BCUT2D eigenvalue weighted by Crippen LogP contribution is -2.21. The summed E-state index contributed by atoms with van der Waals surface area (Å²) in [6.07, 6.45) is 0. The highest BCUT2D eigenvalue weighted by Crippen LogP contribution is 2.20. The summed E-state index contributed by atoms with van der Waals surface area (Å²) >= 11 is 0. The Morgan fingerprint density at radius 1 is 1.55 bits per heavy atom. The molecule has 0 spiro atoms. The van der Waals surface area contributed by atoms with Crippen LogP contribution in [0.5, 0.6) is 0 Å². The van der Waals surface area contributed by atoms with Crippen molar-refractivity contribution >= 4 is 17.2 Å². The normalized spacial score (nSPS) is 10.9. The lowest BCUT2D eigenvalue weighted by molar-refractivity contribution is 0.425. The van der Waals surface area contributed by atoms with E-state index in [4.69, 9.17) is 20.9 Å². The number of aromatic nitrogens is 2. The van der Waals surface area contributed by atoms with E-state index in [2.05, 4.69) is 20.7 Å². The maximum Gasteiger partial charge on any atom is 0.257 e. The van der Waals surface area contributed by atoms with E-state index in [0.29, 0.717) is 23.0 Å². The third-order valence-corrected chi connectivity index (χ3v) is 2.29. The zero-order chi connectivity index (χ0) is 14.5. The molecule has 1 heterocycles. The van der Waals surface area contributed by atoms with Crippen LogP contribution in [-0.2, 0) is 0 Å². The quantitative estimate of drug-likeness (QED) is 0.434. The summed E-state index contributed by atoms with van der Waals surface area (Å²) in [7, 11) is 0. The van der Waals surface area contributed by atoms with E-state index in [-0.39, 0.29) is 5.71 Å². The van der Waals surface area contributed by atoms with Crippen LogP contribution in [0.15, 0.2) is 33.9 Å². The molecule has 0 radical (unpaired) electrons. The molecular formula is C12H11N7O. The van der Waals surface area contributed by atoms with Crippen LogP contribution in [0.2, 0.25) is 0 Å². The Morgan fingerprint density at radius 3 is 2.95 bits per heavy atom. The molecule has 0 amide bonds. The Hall–Kier alpha value is -3.21. The van der Waals surface area contributed by atoms with Crippen molar-refractivity contribution in [1.29, 1.82) is 10.7 Å². The number of nitriles is 1. The van der Waals surface area contributed by atoms with Crippen LogP contribution in [-0.4, -0.2) is 21.7 Å². The van der Waals surface area contributed by atoms with Gasteiger partial charge >= 0.3 is 0 Å². The van der Waals surface area contributed by atoms with E-state index in [9.17, 15) is 0 Å². The lowest BCUT2D eigenvalue weighted by Gasteiger charge is -2.02. The van der Waals surface area contributed by atoms with Crippen molar-refractivity contribution in [1.82, 2.24) is 10.1 Å². The van der Waals surface area contributed by atoms with Crippen molar-refractivity contribution in [3.63, 3.8) is 0 Å². The van der Waals surface area contributed by atoms with Crippen molar-refractivity contribution in [3.8, 4) is 17.5 Å². The lowest BCUT2D eigenvalue weighted by atomic mass is 10.2. The second-order valence-electron chi connectivity index (χ2n) is 3.83. The Balaban J connectivity index is 2.23. The predicted molar refractivity (Wildman–Crippen MR) is 73.1 cm³/mol. The number of nitrogens with two attached hydrogens (primary N) is 1. The molecule has 0 fully saturated rings. The van der Waals surface area contributed by atoms with Crippen LogP contribution >= 0.6 is 0 Å². The fourth-order valence-corrected chi connectivity index (χ4v) is 1.40. The summed E-state index contributed by atoms with van der Waals surface area (Å²) in [6.45, 7) is 1.73. The fraction of sp³-hybridized carbons (Fsp3) is 0.0833. The summed E-state index contributed by atoms with van der Waals surface area (Å²) < 4.78 is 5.06. The molecule has 1 aromatic heterocycles. The van der Waals surface area contributed by atoms with E-state index in [1.165, 1.54) is 0 Å². The van der Waals surface area contributed by atoms with Gasteiger partial charge in [-0.1, -0.05) is 11.2 Å². The summed E-state index contributed by atoms with van der Waals surface area (Å²) in [5, 5.41) is 23.3. The molecule has 2 aromatic rings. The molecule has 4 N–H and O–H groups in total. The number of benzene rings is 1. The van der Waals surface area contributed by atoms with Crippen LogP contribution < -0.4 is 11.2 Å². The van der Waals surface area contributed by atoms with Gasteiger partial charge in [0.15, 0.2) is 11.7 Å². The Kier molecular flexibility index (Phi) is 3.72. The van der Waals surface area contributed by atoms with Crippen molar-refractivity contribution in [2.75, 3.05) is 5.43 Å². The third kappa shape index (κ3) is 2.97. The van der Waals surface area contributed by atoms with Crippen LogP contribution in [0.4, 0.5) is 5.69 Å². The monoisotopic (exact) mass is 269 g/mol. The molecule has 8 heteroatoms. The number of rotatable bonds is 4. The van der Waals surface area contributed by atoms with Crippen molar-refractivity contribution in [2.24, 2.45) is 10.8 Å². The molecule has 20 heavy (non-hydrogen) atoms. The SMILES string of the molecule is Cc1noc(-c2cccc(N/N=C(\C#N)C(=N)N)c2)n1. The minimum absolute atomic E-state index is 0.191. The van der Waals surface area contributed by atoms with Gasteiger partial charge in [0, 0.05) is 5.56 Å². The third-order valence-electron chi connectivity index (χ3n) is 2.29.